The van der Waals surface area contributed by atoms with Crippen molar-refractivity contribution >= 4 is 22.5 Å². The Morgan fingerprint density at radius 1 is 1.47 bits per heavy atom. The van der Waals surface area contributed by atoms with Crippen molar-refractivity contribution in [2.45, 2.75) is 13.5 Å². The minimum Gasteiger partial charge on any atom is -0.494 e. The number of rotatable bonds is 3. The minimum absolute atomic E-state index is 0.280. The molecule has 0 fully saturated rings. The first-order valence-corrected chi connectivity index (χ1v) is 5.69. The Morgan fingerprint density at radius 3 is 2.76 bits per heavy atom. The molecule has 0 aliphatic rings. The molecule has 2 N–H and O–H groups in total. The number of hydrogen-bond acceptors (Lipinski definition) is 2. The van der Waals surface area contributed by atoms with Crippen LogP contribution in [0.3, 0.4) is 0 Å². The van der Waals surface area contributed by atoms with E-state index < -0.39 is 0 Å². The standard InChI is InChI=1S/C12H14ClFN2O/c1-7-5-8-11(16(7)4-3-15)10(14)6-9(13)12(8)17-2/h5-6H,3-4,15H2,1-2H3. The van der Waals surface area contributed by atoms with E-state index in [1.807, 2.05) is 17.6 Å². The lowest BCUT2D eigenvalue weighted by atomic mass is 10.2. The summed E-state index contributed by atoms with van der Waals surface area (Å²) in [6, 6.07) is 3.13. The second-order valence-electron chi connectivity index (χ2n) is 3.86. The van der Waals surface area contributed by atoms with Crippen LogP contribution in [-0.4, -0.2) is 18.2 Å². The highest BCUT2D eigenvalue weighted by Gasteiger charge is 2.17. The number of aromatic nitrogens is 1. The summed E-state index contributed by atoms with van der Waals surface area (Å²) in [6.45, 7) is 2.93. The predicted molar refractivity (Wildman–Crippen MR) is 67.2 cm³/mol. The van der Waals surface area contributed by atoms with Gasteiger partial charge in [-0.05, 0) is 19.1 Å². The summed E-state index contributed by atoms with van der Waals surface area (Å²) >= 11 is 5.95. The lowest BCUT2D eigenvalue weighted by molar-refractivity contribution is 0.419. The van der Waals surface area contributed by atoms with Gasteiger partial charge in [0.2, 0.25) is 0 Å². The zero-order valence-electron chi connectivity index (χ0n) is 9.76. The highest BCUT2D eigenvalue weighted by molar-refractivity contribution is 6.33. The van der Waals surface area contributed by atoms with Gasteiger partial charge in [0.15, 0.2) is 0 Å². The zero-order valence-corrected chi connectivity index (χ0v) is 10.5. The lowest BCUT2D eigenvalue weighted by Crippen LogP contribution is -2.11. The summed E-state index contributed by atoms with van der Waals surface area (Å²) in [5.74, 6) is 0.147. The van der Waals surface area contributed by atoms with Crippen LogP contribution in [0, 0.1) is 12.7 Å². The Kier molecular flexibility index (Phi) is 3.26. The third kappa shape index (κ3) is 1.87. The van der Waals surface area contributed by atoms with Gasteiger partial charge in [0.05, 0.1) is 17.6 Å². The molecule has 0 unspecified atom stereocenters. The fourth-order valence-electron chi connectivity index (χ4n) is 2.11. The van der Waals surface area contributed by atoms with Gasteiger partial charge >= 0.3 is 0 Å². The molecule has 0 aliphatic heterocycles. The average Bonchev–Trinajstić information content (AvgIpc) is 2.57. The molecule has 0 atom stereocenters. The molecule has 0 saturated heterocycles. The van der Waals surface area contributed by atoms with Crippen LogP contribution >= 0.6 is 11.6 Å². The summed E-state index contributed by atoms with van der Waals surface area (Å²) in [5.41, 5.74) is 6.96. The summed E-state index contributed by atoms with van der Waals surface area (Å²) in [4.78, 5) is 0. The number of methoxy groups -OCH3 is 1. The third-order valence-electron chi connectivity index (χ3n) is 2.80. The van der Waals surface area contributed by atoms with Gasteiger partial charge in [0, 0.05) is 24.2 Å². The van der Waals surface area contributed by atoms with Gasteiger partial charge < -0.3 is 15.0 Å². The smallest absolute Gasteiger partial charge is 0.149 e. The van der Waals surface area contributed by atoms with E-state index in [1.165, 1.54) is 13.2 Å². The second-order valence-corrected chi connectivity index (χ2v) is 4.27. The van der Waals surface area contributed by atoms with Crippen LogP contribution in [0.2, 0.25) is 5.02 Å². The summed E-state index contributed by atoms with van der Waals surface area (Å²) in [7, 11) is 1.52. The van der Waals surface area contributed by atoms with Crippen LogP contribution in [0.4, 0.5) is 4.39 Å². The molecule has 1 aromatic heterocycles. The van der Waals surface area contributed by atoms with Crippen molar-refractivity contribution in [3.8, 4) is 5.75 Å². The fourth-order valence-corrected chi connectivity index (χ4v) is 2.38. The van der Waals surface area contributed by atoms with E-state index in [2.05, 4.69) is 0 Å². The monoisotopic (exact) mass is 256 g/mol. The number of nitrogens with zero attached hydrogens (tertiary/aromatic N) is 1. The van der Waals surface area contributed by atoms with Gasteiger partial charge in [-0.1, -0.05) is 11.6 Å². The van der Waals surface area contributed by atoms with Gasteiger partial charge in [-0.15, -0.1) is 0 Å². The molecule has 1 heterocycles. The minimum atomic E-state index is -0.354. The van der Waals surface area contributed by atoms with Gasteiger partial charge in [0.1, 0.15) is 11.6 Å². The van der Waals surface area contributed by atoms with Crippen molar-refractivity contribution in [3.05, 3.63) is 28.7 Å². The third-order valence-corrected chi connectivity index (χ3v) is 3.08. The highest BCUT2D eigenvalue weighted by atomic mass is 35.5. The van der Waals surface area contributed by atoms with Crippen molar-refractivity contribution in [3.63, 3.8) is 0 Å². The van der Waals surface area contributed by atoms with E-state index in [9.17, 15) is 4.39 Å². The molecular formula is C12H14ClFN2O. The predicted octanol–water partition coefficient (Wildman–Crippen LogP) is 2.71. The molecule has 0 spiro atoms. The first-order chi connectivity index (χ1) is 8.10. The molecule has 2 rings (SSSR count). The molecule has 0 saturated carbocycles. The normalized spacial score (nSPS) is 11.1. The Hall–Kier alpha value is -1.26. The maximum absolute atomic E-state index is 14.0. The Morgan fingerprint density at radius 2 is 2.18 bits per heavy atom. The SMILES string of the molecule is COc1c(Cl)cc(F)c2c1cc(C)n2CCN. The molecule has 0 aliphatic carbocycles. The van der Waals surface area contributed by atoms with Crippen LogP contribution < -0.4 is 10.5 Å². The van der Waals surface area contributed by atoms with Gasteiger partial charge in [0.25, 0.3) is 0 Å². The van der Waals surface area contributed by atoms with Gasteiger partial charge in [-0.25, -0.2) is 4.39 Å². The second kappa shape index (κ2) is 4.55. The van der Waals surface area contributed by atoms with Crippen molar-refractivity contribution in [1.82, 2.24) is 4.57 Å². The highest BCUT2D eigenvalue weighted by Crippen LogP contribution is 2.36. The number of aryl methyl sites for hydroxylation is 1. The van der Waals surface area contributed by atoms with Crippen molar-refractivity contribution < 1.29 is 9.13 Å². The Balaban J connectivity index is 2.83. The van der Waals surface area contributed by atoms with E-state index in [0.717, 1.165) is 5.69 Å². The number of halogens is 2. The molecule has 0 radical (unpaired) electrons. The van der Waals surface area contributed by atoms with E-state index in [4.69, 9.17) is 22.1 Å². The summed E-state index contributed by atoms with van der Waals surface area (Å²) in [5, 5.41) is 0.964. The molecular weight excluding hydrogens is 243 g/mol. The molecule has 2 aromatic rings. The molecule has 1 aromatic carbocycles. The van der Waals surface area contributed by atoms with Crippen LogP contribution in [0.1, 0.15) is 5.69 Å². The zero-order chi connectivity index (χ0) is 12.6. The average molecular weight is 257 g/mol. The van der Waals surface area contributed by atoms with E-state index in [0.29, 0.717) is 29.7 Å². The Labute approximate surface area is 104 Å². The van der Waals surface area contributed by atoms with Gasteiger partial charge in [-0.3, -0.25) is 0 Å². The molecule has 0 amide bonds. The number of nitrogens with two attached hydrogens (primary N) is 1. The number of fused-ring (bicyclic) bond motifs is 1. The topological polar surface area (TPSA) is 40.2 Å². The van der Waals surface area contributed by atoms with Crippen LogP contribution in [-0.2, 0) is 6.54 Å². The van der Waals surface area contributed by atoms with Crippen LogP contribution in [0.15, 0.2) is 12.1 Å². The molecule has 92 valence electrons. The van der Waals surface area contributed by atoms with Crippen LogP contribution in [0.25, 0.3) is 10.9 Å². The summed E-state index contributed by atoms with van der Waals surface area (Å²) < 4.78 is 21.0. The maximum atomic E-state index is 14.0. The number of benzene rings is 1. The molecule has 3 nitrogen and oxygen atoms in total. The molecule has 5 heteroatoms. The quantitative estimate of drug-likeness (QED) is 0.917. The van der Waals surface area contributed by atoms with Gasteiger partial charge in [-0.2, -0.15) is 0 Å². The first kappa shape index (κ1) is 12.2. The summed E-state index contributed by atoms with van der Waals surface area (Å²) in [6.07, 6.45) is 0. The lowest BCUT2D eigenvalue weighted by Gasteiger charge is -2.09. The number of ether oxygens (including phenoxy) is 1. The largest absolute Gasteiger partial charge is 0.494 e. The van der Waals surface area contributed by atoms with Crippen molar-refractivity contribution in [2.75, 3.05) is 13.7 Å². The fraction of sp³-hybridized carbons (Fsp3) is 0.333. The van der Waals surface area contributed by atoms with Crippen LogP contribution in [0.5, 0.6) is 5.75 Å². The van der Waals surface area contributed by atoms with E-state index in [1.54, 1.807) is 0 Å². The van der Waals surface area contributed by atoms with E-state index in [-0.39, 0.29) is 10.8 Å². The number of hydrogen-bond donors (Lipinski definition) is 1. The van der Waals surface area contributed by atoms with E-state index >= 15 is 0 Å². The Bertz CT molecular complexity index is 565. The first-order valence-electron chi connectivity index (χ1n) is 5.32. The molecule has 0 bridgehead atoms. The maximum Gasteiger partial charge on any atom is 0.149 e. The van der Waals surface area contributed by atoms with Crippen molar-refractivity contribution in [2.24, 2.45) is 5.73 Å². The molecule has 17 heavy (non-hydrogen) atoms. The van der Waals surface area contributed by atoms with Crippen molar-refractivity contribution in [1.29, 1.82) is 0 Å².